The molecule has 2 rings (SSSR count). The molecular weight excluding hydrogens is 250 g/mol. The molecule has 1 aromatic heterocycles. The van der Waals surface area contributed by atoms with E-state index in [-0.39, 0.29) is 6.10 Å². The summed E-state index contributed by atoms with van der Waals surface area (Å²) in [5.41, 5.74) is 6.98. The van der Waals surface area contributed by atoms with Gasteiger partial charge in [0.25, 0.3) is 0 Å². The Kier molecular flexibility index (Phi) is 5.80. The predicted molar refractivity (Wildman–Crippen MR) is 82.6 cm³/mol. The van der Waals surface area contributed by atoms with Crippen LogP contribution in [0.5, 0.6) is 0 Å². The van der Waals surface area contributed by atoms with E-state index in [0.29, 0.717) is 17.8 Å². The fraction of sp³-hybridized carbons (Fsp3) is 0.688. The van der Waals surface area contributed by atoms with Crippen molar-refractivity contribution in [2.24, 2.45) is 5.92 Å². The van der Waals surface area contributed by atoms with Crippen LogP contribution in [0, 0.1) is 5.92 Å². The molecule has 112 valence electrons. The molecule has 4 heteroatoms. The van der Waals surface area contributed by atoms with Gasteiger partial charge in [0.1, 0.15) is 5.82 Å². The largest absolute Gasteiger partial charge is 0.384 e. The average Bonchev–Trinajstić information content (AvgIpc) is 2.48. The first-order valence-corrected chi connectivity index (χ1v) is 7.65. The van der Waals surface area contributed by atoms with Crippen molar-refractivity contribution in [2.45, 2.75) is 50.7 Å². The van der Waals surface area contributed by atoms with Crippen molar-refractivity contribution in [3.05, 3.63) is 23.9 Å². The highest BCUT2D eigenvalue weighted by Gasteiger charge is 2.29. The number of nitrogens with one attached hydrogen (secondary N) is 1. The van der Waals surface area contributed by atoms with Gasteiger partial charge in [-0.3, -0.25) is 0 Å². The van der Waals surface area contributed by atoms with Crippen LogP contribution in [0.3, 0.4) is 0 Å². The van der Waals surface area contributed by atoms with Gasteiger partial charge < -0.3 is 15.8 Å². The minimum atomic E-state index is 0.273. The molecule has 1 aliphatic rings. The second-order valence-electron chi connectivity index (χ2n) is 5.79. The summed E-state index contributed by atoms with van der Waals surface area (Å²) >= 11 is 0. The maximum Gasteiger partial charge on any atom is 0.123 e. The Morgan fingerprint density at radius 3 is 2.75 bits per heavy atom. The molecule has 0 aliphatic heterocycles. The highest BCUT2D eigenvalue weighted by atomic mass is 16.5. The molecule has 3 N–H and O–H groups in total. The molecule has 1 saturated carbocycles. The summed E-state index contributed by atoms with van der Waals surface area (Å²) in [6, 6.07) is 4.32. The fourth-order valence-electron chi connectivity index (χ4n) is 3.41. The zero-order chi connectivity index (χ0) is 14.4. The normalized spacial score (nSPS) is 19.7. The Morgan fingerprint density at radius 2 is 2.15 bits per heavy atom. The van der Waals surface area contributed by atoms with Crippen molar-refractivity contribution < 1.29 is 4.74 Å². The maximum absolute atomic E-state index is 5.84. The number of aromatic nitrogens is 1. The van der Waals surface area contributed by atoms with Crippen LogP contribution in [0.4, 0.5) is 5.82 Å². The van der Waals surface area contributed by atoms with Gasteiger partial charge in [-0.05, 0) is 49.9 Å². The predicted octanol–water partition coefficient (Wildman–Crippen LogP) is 2.39. The van der Waals surface area contributed by atoms with Crippen LogP contribution in [0.25, 0.3) is 0 Å². The molecule has 2 atom stereocenters. The van der Waals surface area contributed by atoms with E-state index in [1.165, 1.54) is 37.7 Å². The average molecular weight is 277 g/mol. The van der Waals surface area contributed by atoms with Crippen LogP contribution in [0.1, 0.15) is 37.7 Å². The van der Waals surface area contributed by atoms with Crippen LogP contribution in [-0.4, -0.2) is 31.3 Å². The standard InChI is InChI=1S/C16H27N3O/c1-18-14(10-12-8-9-19-15(17)11-12)16(20-2)13-6-4-3-5-7-13/h8-9,11,13-14,16,18H,3-7,10H2,1-2H3,(H2,17,19). The lowest BCUT2D eigenvalue weighted by Gasteiger charge is -2.35. The van der Waals surface area contributed by atoms with Gasteiger partial charge in [-0.15, -0.1) is 0 Å². The molecule has 0 spiro atoms. The minimum Gasteiger partial charge on any atom is -0.384 e. The van der Waals surface area contributed by atoms with Crippen LogP contribution in [0.2, 0.25) is 0 Å². The number of rotatable bonds is 6. The SMILES string of the molecule is CNC(Cc1ccnc(N)c1)C(OC)C1CCCCC1. The third kappa shape index (κ3) is 3.93. The van der Waals surface area contributed by atoms with Gasteiger partial charge in [0, 0.05) is 19.3 Å². The number of pyridine rings is 1. The molecule has 1 heterocycles. The first-order chi connectivity index (χ1) is 9.74. The van der Waals surface area contributed by atoms with Crippen LogP contribution >= 0.6 is 0 Å². The minimum absolute atomic E-state index is 0.273. The summed E-state index contributed by atoms with van der Waals surface area (Å²) < 4.78 is 5.84. The van der Waals surface area contributed by atoms with E-state index in [9.17, 15) is 0 Å². The topological polar surface area (TPSA) is 60.2 Å². The molecular formula is C16H27N3O. The van der Waals surface area contributed by atoms with Gasteiger partial charge in [-0.1, -0.05) is 19.3 Å². The summed E-state index contributed by atoms with van der Waals surface area (Å²) in [5.74, 6) is 1.26. The Morgan fingerprint density at radius 1 is 1.40 bits per heavy atom. The molecule has 1 aromatic rings. The lowest BCUT2D eigenvalue weighted by atomic mass is 9.81. The number of methoxy groups -OCH3 is 1. The highest BCUT2D eigenvalue weighted by molar-refractivity contribution is 5.32. The summed E-state index contributed by atoms with van der Waals surface area (Å²) in [6.45, 7) is 0. The molecule has 1 fully saturated rings. The van der Waals surface area contributed by atoms with Crippen molar-refractivity contribution in [1.82, 2.24) is 10.3 Å². The summed E-state index contributed by atoms with van der Waals surface area (Å²) in [4.78, 5) is 4.05. The molecule has 0 aromatic carbocycles. The molecule has 20 heavy (non-hydrogen) atoms. The lowest BCUT2D eigenvalue weighted by molar-refractivity contribution is 0.0101. The molecule has 2 unspecified atom stereocenters. The van der Waals surface area contributed by atoms with E-state index in [2.05, 4.69) is 10.3 Å². The number of nitrogens with two attached hydrogens (primary N) is 1. The van der Waals surface area contributed by atoms with Crippen molar-refractivity contribution >= 4 is 5.82 Å². The molecule has 0 saturated heterocycles. The van der Waals surface area contributed by atoms with Gasteiger partial charge in [0.2, 0.25) is 0 Å². The number of nitrogen functional groups attached to an aromatic ring is 1. The molecule has 0 radical (unpaired) electrons. The second-order valence-corrected chi connectivity index (χ2v) is 5.79. The number of ether oxygens (including phenoxy) is 1. The Labute approximate surface area is 122 Å². The van der Waals surface area contributed by atoms with Gasteiger partial charge in [0.15, 0.2) is 0 Å². The Balaban J connectivity index is 2.04. The Bertz CT molecular complexity index is 404. The smallest absolute Gasteiger partial charge is 0.123 e. The quantitative estimate of drug-likeness (QED) is 0.838. The number of anilines is 1. The van der Waals surface area contributed by atoms with E-state index in [1.807, 2.05) is 26.3 Å². The van der Waals surface area contributed by atoms with Crippen LogP contribution in [-0.2, 0) is 11.2 Å². The Hall–Kier alpha value is -1.13. The monoisotopic (exact) mass is 277 g/mol. The van der Waals surface area contributed by atoms with Gasteiger partial charge >= 0.3 is 0 Å². The van der Waals surface area contributed by atoms with Gasteiger partial charge in [0.05, 0.1) is 6.10 Å². The zero-order valence-electron chi connectivity index (χ0n) is 12.6. The first kappa shape index (κ1) is 15.3. The van der Waals surface area contributed by atoms with E-state index >= 15 is 0 Å². The van der Waals surface area contributed by atoms with E-state index in [0.717, 1.165) is 6.42 Å². The number of hydrogen-bond donors (Lipinski definition) is 2. The summed E-state index contributed by atoms with van der Waals surface area (Å²) in [7, 11) is 3.86. The first-order valence-electron chi connectivity index (χ1n) is 7.65. The van der Waals surface area contributed by atoms with E-state index in [1.54, 1.807) is 6.20 Å². The maximum atomic E-state index is 5.84. The molecule has 4 nitrogen and oxygen atoms in total. The highest BCUT2D eigenvalue weighted by Crippen LogP contribution is 2.30. The van der Waals surface area contributed by atoms with Crippen molar-refractivity contribution in [3.63, 3.8) is 0 Å². The third-order valence-electron chi connectivity index (χ3n) is 4.46. The van der Waals surface area contributed by atoms with E-state index < -0.39 is 0 Å². The number of nitrogens with zero attached hydrogens (tertiary/aromatic N) is 1. The zero-order valence-corrected chi connectivity index (χ0v) is 12.6. The van der Waals surface area contributed by atoms with E-state index in [4.69, 9.17) is 10.5 Å². The molecule has 0 amide bonds. The van der Waals surface area contributed by atoms with Gasteiger partial charge in [-0.25, -0.2) is 4.98 Å². The molecule has 0 bridgehead atoms. The third-order valence-corrected chi connectivity index (χ3v) is 4.46. The van der Waals surface area contributed by atoms with Crippen molar-refractivity contribution in [2.75, 3.05) is 19.9 Å². The van der Waals surface area contributed by atoms with Crippen LogP contribution < -0.4 is 11.1 Å². The molecule has 1 aliphatic carbocycles. The number of likely N-dealkylation sites (N-methyl/N-ethyl adjacent to an activating group) is 1. The fourth-order valence-corrected chi connectivity index (χ4v) is 3.41. The second kappa shape index (κ2) is 7.60. The van der Waals surface area contributed by atoms with Crippen LogP contribution in [0.15, 0.2) is 18.3 Å². The van der Waals surface area contributed by atoms with Gasteiger partial charge in [-0.2, -0.15) is 0 Å². The number of hydrogen-bond acceptors (Lipinski definition) is 4. The lowest BCUT2D eigenvalue weighted by Crippen LogP contribution is -2.45. The van der Waals surface area contributed by atoms with Crippen molar-refractivity contribution in [1.29, 1.82) is 0 Å². The summed E-state index contributed by atoms with van der Waals surface area (Å²) in [6.07, 6.45) is 9.60. The summed E-state index contributed by atoms with van der Waals surface area (Å²) in [5, 5.41) is 3.43. The van der Waals surface area contributed by atoms with Crippen molar-refractivity contribution in [3.8, 4) is 0 Å².